The summed E-state index contributed by atoms with van der Waals surface area (Å²) in [6, 6.07) is 2.58. The maximum Gasteiger partial charge on any atom is 0.0630 e. The molecule has 1 atom stereocenters. The maximum absolute atomic E-state index is 5.93. The van der Waals surface area contributed by atoms with Crippen molar-refractivity contribution in [2.45, 2.75) is 46.1 Å². The number of hydrogen-bond donors (Lipinski definition) is 1. The number of nitrogens with two attached hydrogens (primary N) is 1. The van der Waals surface area contributed by atoms with Gasteiger partial charge in [0.15, 0.2) is 0 Å². The van der Waals surface area contributed by atoms with E-state index in [0.29, 0.717) is 6.04 Å². The highest BCUT2D eigenvalue weighted by atomic mass is 15.3. The second kappa shape index (κ2) is 4.21. The quantitative estimate of drug-likeness (QED) is 0.829. The molecule has 0 bridgehead atoms. The Kier molecular flexibility index (Phi) is 3.06. The number of nitrogens with zero attached hydrogens (tertiary/aromatic N) is 2. The fourth-order valence-corrected chi connectivity index (χ4v) is 2.34. The molecule has 0 aliphatic heterocycles. The third kappa shape index (κ3) is 2.29. The van der Waals surface area contributed by atoms with Crippen molar-refractivity contribution in [3.8, 4) is 0 Å². The molecule has 1 saturated carbocycles. The molecule has 1 heterocycles. The van der Waals surface area contributed by atoms with E-state index < -0.39 is 0 Å². The molecule has 1 fully saturated rings. The summed E-state index contributed by atoms with van der Waals surface area (Å²) in [6.07, 6.45) is 5.79. The third-order valence-electron chi connectivity index (χ3n) is 3.81. The lowest BCUT2D eigenvalue weighted by Crippen LogP contribution is -2.32. The van der Waals surface area contributed by atoms with Crippen LogP contribution in [0.2, 0.25) is 0 Å². The van der Waals surface area contributed by atoms with Crippen molar-refractivity contribution in [2.24, 2.45) is 17.1 Å². The zero-order valence-electron chi connectivity index (χ0n) is 10.6. The molecule has 0 saturated heterocycles. The van der Waals surface area contributed by atoms with Gasteiger partial charge in [0, 0.05) is 12.2 Å². The highest BCUT2D eigenvalue weighted by Gasteiger charge is 2.40. The Morgan fingerprint density at radius 3 is 2.69 bits per heavy atom. The van der Waals surface area contributed by atoms with Crippen LogP contribution in [0.25, 0.3) is 0 Å². The lowest BCUT2D eigenvalue weighted by atomic mass is 9.80. The van der Waals surface area contributed by atoms with Gasteiger partial charge in [0.25, 0.3) is 0 Å². The van der Waals surface area contributed by atoms with Crippen LogP contribution < -0.4 is 5.73 Å². The minimum absolute atomic E-state index is 0.260. The Morgan fingerprint density at radius 1 is 1.56 bits per heavy atom. The van der Waals surface area contributed by atoms with Crippen molar-refractivity contribution in [2.75, 3.05) is 6.54 Å². The van der Waals surface area contributed by atoms with Crippen molar-refractivity contribution in [1.29, 1.82) is 0 Å². The lowest BCUT2D eigenvalue weighted by Gasteiger charge is -2.27. The van der Waals surface area contributed by atoms with Gasteiger partial charge in [-0.1, -0.05) is 6.92 Å². The summed E-state index contributed by atoms with van der Waals surface area (Å²) < 4.78 is 2.03. The first-order valence-corrected chi connectivity index (χ1v) is 6.29. The number of rotatable bonds is 5. The van der Waals surface area contributed by atoms with E-state index in [-0.39, 0.29) is 5.41 Å². The normalized spacial score (nSPS) is 20.1. The molecule has 3 heteroatoms. The van der Waals surface area contributed by atoms with Gasteiger partial charge in [-0.15, -0.1) is 0 Å². The van der Waals surface area contributed by atoms with Crippen LogP contribution in [0.15, 0.2) is 12.3 Å². The molecule has 2 rings (SSSR count). The van der Waals surface area contributed by atoms with Crippen molar-refractivity contribution in [3.63, 3.8) is 0 Å². The van der Waals surface area contributed by atoms with Gasteiger partial charge in [0.05, 0.1) is 5.69 Å². The zero-order chi connectivity index (χ0) is 11.8. The van der Waals surface area contributed by atoms with Gasteiger partial charge in [0.2, 0.25) is 0 Å². The molecular formula is C13H23N3. The minimum Gasteiger partial charge on any atom is -0.330 e. The van der Waals surface area contributed by atoms with E-state index in [4.69, 9.17) is 5.73 Å². The summed E-state index contributed by atoms with van der Waals surface area (Å²) in [5, 5.41) is 4.61. The molecule has 1 unspecified atom stereocenters. The predicted octanol–water partition coefficient (Wildman–Crippen LogP) is 2.38. The highest BCUT2D eigenvalue weighted by molar-refractivity contribution is 5.06. The lowest BCUT2D eigenvalue weighted by molar-refractivity contribution is 0.277. The molecule has 1 aliphatic carbocycles. The molecule has 0 spiro atoms. The summed E-state index contributed by atoms with van der Waals surface area (Å²) in [5.41, 5.74) is 7.38. The predicted molar refractivity (Wildman–Crippen MR) is 66.2 cm³/mol. The first-order chi connectivity index (χ1) is 7.55. The second-order valence-corrected chi connectivity index (χ2v) is 5.69. The Bertz CT molecular complexity index is 352. The van der Waals surface area contributed by atoms with E-state index in [9.17, 15) is 0 Å². The Balaban J connectivity index is 2.06. The van der Waals surface area contributed by atoms with Crippen LogP contribution in [0.4, 0.5) is 0 Å². The van der Waals surface area contributed by atoms with Crippen LogP contribution >= 0.6 is 0 Å². The summed E-state index contributed by atoms with van der Waals surface area (Å²) in [7, 11) is 0. The molecule has 90 valence electrons. The average molecular weight is 221 g/mol. The van der Waals surface area contributed by atoms with Gasteiger partial charge in [0.1, 0.15) is 0 Å². The zero-order valence-corrected chi connectivity index (χ0v) is 10.6. The van der Waals surface area contributed by atoms with Gasteiger partial charge in [-0.25, -0.2) is 0 Å². The fourth-order valence-electron chi connectivity index (χ4n) is 2.34. The monoisotopic (exact) mass is 221 g/mol. The van der Waals surface area contributed by atoms with Crippen molar-refractivity contribution >= 4 is 0 Å². The Hall–Kier alpha value is -0.830. The van der Waals surface area contributed by atoms with Gasteiger partial charge < -0.3 is 5.73 Å². The van der Waals surface area contributed by atoms with Gasteiger partial charge in [-0.2, -0.15) is 5.10 Å². The van der Waals surface area contributed by atoms with E-state index in [1.165, 1.54) is 18.5 Å². The molecule has 0 amide bonds. The van der Waals surface area contributed by atoms with E-state index in [1.54, 1.807) is 0 Å². The third-order valence-corrected chi connectivity index (χ3v) is 3.81. The summed E-state index contributed by atoms with van der Waals surface area (Å²) in [5.74, 6) is 0.821. The number of hydrogen-bond acceptors (Lipinski definition) is 2. The molecule has 0 aromatic carbocycles. The molecule has 1 aliphatic rings. The van der Waals surface area contributed by atoms with E-state index in [0.717, 1.165) is 18.9 Å². The maximum atomic E-state index is 5.93. The standard InChI is InChI=1S/C13H23N3/c1-10(2)16-7-6-12(15-16)8-13(3,9-14)11-4-5-11/h6-7,10-11H,4-5,8-9,14H2,1-3H3. The van der Waals surface area contributed by atoms with Crippen LogP contribution in [0.3, 0.4) is 0 Å². The van der Waals surface area contributed by atoms with E-state index in [1.807, 2.05) is 4.68 Å². The van der Waals surface area contributed by atoms with Gasteiger partial charge in [-0.05, 0) is 57.1 Å². The molecule has 2 N–H and O–H groups in total. The molecule has 3 nitrogen and oxygen atoms in total. The van der Waals surface area contributed by atoms with Crippen LogP contribution in [0.1, 0.15) is 45.3 Å². The Morgan fingerprint density at radius 2 is 2.25 bits per heavy atom. The summed E-state index contributed by atoms with van der Waals surface area (Å²) >= 11 is 0. The molecule has 1 aromatic rings. The van der Waals surface area contributed by atoms with Crippen LogP contribution in [-0.2, 0) is 6.42 Å². The van der Waals surface area contributed by atoms with Crippen LogP contribution in [0.5, 0.6) is 0 Å². The highest BCUT2D eigenvalue weighted by Crippen LogP contribution is 2.46. The molecule has 16 heavy (non-hydrogen) atoms. The molecule has 1 aromatic heterocycles. The largest absolute Gasteiger partial charge is 0.330 e. The topological polar surface area (TPSA) is 43.8 Å². The van der Waals surface area contributed by atoms with Crippen molar-refractivity contribution in [3.05, 3.63) is 18.0 Å². The summed E-state index contributed by atoms with van der Waals surface area (Å²) in [6.45, 7) is 7.38. The first kappa shape index (κ1) is 11.6. The van der Waals surface area contributed by atoms with Crippen molar-refractivity contribution in [1.82, 2.24) is 9.78 Å². The second-order valence-electron chi connectivity index (χ2n) is 5.69. The average Bonchev–Trinajstić information content (AvgIpc) is 3.00. The van der Waals surface area contributed by atoms with E-state index in [2.05, 4.69) is 38.1 Å². The smallest absolute Gasteiger partial charge is 0.0630 e. The SMILES string of the molecule is CC(C)n1ccc(CC(C)(CN)C2CC2)n1. The number of aromatic nitrogens is 2. The fraction of sp³-hybridized carbons (Fsp3) is 0.769. The Labute approximate surface area is 98.0 Å². The van der Waals surface area contributed by atoms with Crippen molar-refractivity contribution < 1.29 is 0 Å². The van der Waals surface area contributed by atoms with E-state index >= 15 is 0 Å². The van der Waals surface area contributed by atoms with Crippen LogP contribution in [0, 0.1) is 11.3 Å². The molecular weight excluding hydrogens is 198 g/mol. The summed E-state index contributed by atoms with van der Waals surface area (Å²) in [4.78, 5) is 0. The van der Waals surface area contributed by atoms with Crippen LogP contribution in [-0.4, -0.2) is 16.3 Å². The minimum atomic E-state index is 0.260. The first-order valence-electron chi connectivity index (χ1n) is 6.29. The van der Waals surface area contributed by atoms with Gasteiger partial charge >= 0.3 is 0 Å². The van der Waals surface area contributed by atoms with Gasteiger partial charge in [-0.3, -0.25) is 4.68 Å². The molecule has 0 radical (unpaired) electrons.